The van der Waals surface area contributed by atoms with E-state index in [9.17, 15) is 0 Å². The molecule has 0 amide bonds. The summed E-state index contributed by atoms with van der Waals surface area (Å²) in [5, 5.41) is 0. The first-order valence-electron chi connectivity index (χ1n) is 5.92. The Morgan fingerprint density at radius 3 is 2.06 bits per heavy atom. The first kappa shape index (κ1) is 20.0. The van der Waals surface area contributed by atoms with Crippen LogP contribution in [-0.2, 0) is 20.9 Å². The van der Waals surface area contributed by atoms with Crippen LogP contribution in [0.3, 0.4) is 0 Å². The topological polar surface area (TPSA) is 18.5 Å². The molecule has 2 nitrogen and oxygen atoms in total. The van der Waals surface area contributed by atoms with Crippen LogP contribution in [0.15, 0.2) is 0 Å². The Morgan fingerprint density at radius 1 is 1.11 bits per heavy atom. The Balaban J connectivity index is 4.55. The number of rotatable bonds is 7. The van der Waals surface area contributed by atoms with Gasteiger partial charge in [0.1, 0.15) is 0 Å². The molecule has 7 heteroatoms. The van der Waals surface area contributed by atoms with Crippen molar-refractivity contribution in [2.45, 2.75) is 42.7 Å². The molecule has 0 aromatic carbocycles. The Morgan fingerprint density at radius 2 is 1.67 bits per heavy atom. The Kier molecular flexibility index (Phi) is 9.40. The second-order valence-corrected chi connectivity index (χ2v) is 16.4. The van der Waals surface area contributed by atoms with Crippen molar-refractivity contribution in [3.8, 4) is 0 Å². The van der Waals surface area contributed by atoms with Crippen LogP contribution in [0.1, 0.15) is 40.5 Å². The van der Waals surface area contributed by atoms with Gasteiger partial charge in [0.05, 0.1) is 13.2 Å². The van der Waals surface area contributed by atoms with Crippen LogP contribution in [0, 0.1) is 5.41 Å². The molecule has 0 bridgehead atoms. The molecule has 0 fully saturated rings. The van der Waals surface area contributed by atoms with Crippen molar-refractivity contribution in [2.24, 2.45) is 5.41 Å². The Labute approximate surface area is 142 Å². The standard InChI is InChI=1S/C11H22Br3O2PS/c1-5-6-7-15-17(18,9-10(2,3)4)16-8-11(12,13)14/h5-9H2,1-4H3. The summed E-state index contributed by atoms with van der Waals surface area (Å²) in [4.78, 5) is 0. The van der Waals surface area contributed by atoms with Gasteiger partial charge in [-0.15, -0.1) is 0 Å². The average Bonchev–Trinajstić information content (AvgIpc) is 2.12. The number of hydrogen-bond acceptors (Lipinski definition) is 3. The summed E-state index contributed by atoms with van der Waals surface area (Å²) in [6.07, 6.45) is 2.90. The van der Waals surface area contributed by atoms with E-state index < -0.39 is 8.63 Å². The van der Waals surface area contributed by atoms with Gasteiger partial charge in [0.25, 0.3) is 0 Å². The van der Waals surface area contributed by atoms with Crippen LogP contribution in [0.4, 0.5) is 0 Å². The van der Waals surface area contributed by atoms with Crippen LogP contribution in [0.25, 0.3) is 0 Å². The summed E-state index contributed by atoms with van der Waals surface area (Å²) in [6.45, 7) is 7.49. The number of hydrogen-bond donors (Lipinski definition) is 0. The lowest BCUT2D eigenvalue weighted by Gasteiger charge is -2.30. The van der Waals surface area contributed by atoms with Gasteiger partial charge >= 0.3 is 0 Å². The fraction of sp³-hybridized carbons (Fsp3) is 1.00. The molecule has 0 aliphatic rings. The highest BCUT2D eigenvalue weighted by Gasteiger charge is 2.30. The van der Waals surface area contributed by atoms with E-state index in [1.165, 1.54) is 0 Å². The minimum Gasteiger partial charge on any atom is -0.329 e. The molecule has 0 N–H and O–H groups in total. The molecule has 0 heterocycles. The molecule has 18 heavy (non-hydrogen) atoms. The summed E-state index contributed by atoms with van der Waals surface area (Å²) in [7, 11) is 0. The third-order valence-electron chi connectivity index (χ3n) is 1.88. The van der Waals surface area contributed by atoms with Crippen LogP contribution >= 0.6 is 54.3 Å². The fourth-order valence-corrected chi connectivity index (χ4v) is 5.86. The molecule has 110 valence electrons. The number of alkyl halides is 3. The van der Waals surface area contributed by atoms with Crippen molar-refractivity contribution in [3.05, 3.63) is 0 Å². The lowest BCUT2D eigenvalue weighted by molar-refractivity contribution is 0.242. The molecule has 0 aromatic heterocycles. The molecule has 0 rings (SSSR count). The zero-order valence-electron chi connectivity index (χ0n) is 11.3. The molecule has 0 radical (unpaired) electrons. The van der Waals surface area contributed by atoms with Crippen molar-refractivity contribution >= 4 is 66.1 Å². The van der Waals surface area contributed by atoms with Gasteiger partial charge in [0, 0.05) is 6.16 Å². The van der Waals surface area contributed by atoms with Gasteiger partial charge < -0.3 is 9.05 Å². The molecule has 1 unspecified atom stereocenters. The molecule has 0 aliphatic heterocycles. The van der Waals surface area contributed by atoms with E-state index in [1.54, 1.807) is 0 Å². The lowest BCUT2D eigenvalue weighted by Crippen LogP contribution is -2.18. The van der Waals surface area contributed by atoms with Crippen molar-refractivity contribution in [3.63, 3.8) is 0 Å². The van der Waals surface area contributed by atoms with Crippen molar-refractivity contribution in [1.82, 2.24) is 0 Å². The molecule has 0 spiro atoms. The van der Waals surface area contributed by atoms with Gasteiger partial charge in [-0.05, 0) is 23.6 Å². The SMILES string of the molecule is CCCCOP(=S)(CC(C)(C)C)OCC(Br)(Br)Br. The van der Waals surface area contributed by atoms with Crippen molar-refractivity contribution in [2.75, 3.05) is 19.4 Å². The highest BCUT2D eigenvalue weighted by molar-refractivity contribution is 9.39. The maximum atomic E-state index is 5.88. The van der Waals surface area contributed by atoms with Gasteiger partial charge in [-0.1, -0.05) is 81.9 Å². The fourth-order valence-electron chi connectivity index (χ4n) is 1.23. The Bertz CT molecular complexity index is 287. The molecule has 0 aromatic rings. The highest BCUT2D eigenvalue weighted by Crippen LogP contribution is 2.54. The normalized spacial score (nSPS) is 16.6. The zero-order chi connectivity index (χ0) is 14.4. The highest BCUT2D eigenvalue weighted by atomic mass is 80.0. The molecule has 1 atom stereocenters. The first-order chi connectivity index (χ1) is 7.97. The predicted octanol–water partition coefficient (Wildman–Crippen LogP) is 6.01. The molecular formula is C11H22Br3O2PS. The van der Waals surface area contributed by atoms with Gasteiger partial charge in [0.2, 0.25) is 0 Å². The van der Waals surface area contributed by atoms with Gasteiger partial charge in [-0.25, -0.2) is 0 Å². The lowest BCUT2D eigenvalue weighted by atomic mass is 10.0. The maximum Gasteiger partial charge on any atom is 0.189 e. The monoisotopic (exact) mass is 486 g/mol. The predicted molar refractivity (Wildman–Crippen MR) is 94.9 cm³/mol. The number of halogens is 3. The third-order valence-corrected chi connectivity index (χ3v) is 6.02. The molecule has 0 aliphatic carbocycles. The smallest absolute Gasteiger partial charge is 0.189 e. The van der Waals surface area contributed by atoms with E-state index in [0.717, 1.165) is 19.0 Å². The minimum absolute atomic E-state index is 0.106. The van der Waals surface area contributed by atoms with Crippen molar-refractivity contribution < 1.29 is 9.05 Å². The Hall–Kier alpha value is 2.01. The van der Waals surface area contributed by atoms with Crippen LogP contribution in [-0.4, -0.2) is 21.5 Å². The van der Waals surface area contributed by atoms with Gasteiger partial charge in [-0.3, -0.25) is 0 Å². The minimum atomic E-state index is -2.22. The number of unbranched alkanes of at least 4 members (excludes halogenated alkanes) is 1. The van der Waals surface area contributed by atoms with E-state index in [2.05, 4.69) is 75.5 Å². The van der Waals surface area contributed by atoms with Crippen LogP contribution < -0.4 is 0 Å². The molecular weight excluding hydrogens is 467 g/mol. The second-order valence-electron chi connectivity index (χ2n) is 5.41. The van der Waals surface area contributed by atoms with E-state index in [-0.39, 0.29) is 5.41 Å². The van der Waals surface area contributed by atoms with Gasteiger partial charge in [0.15, 0.2) is 8.63 Å². The van der Waals surface area contributed by atoms with Crippen LogP contribution in [0.2, 0.25) is 0 Å². The largest absolute Gasteiger partial charge is 0.329 e. The maximum absolute atomic E-state index is 5.88. The molecule has 0 saturated carbocycles. The second kappa shape index (κ2) is 8.45. The summed E-state index contributed by atoms with van der Waals surface area (Å²) >= 11 is 15.9. The first-order valence-corrected chi connectivity index (χ1v) is 11.1. The van der Waals surface area contributed by atoms with E-state index in [1.807, 2.05) is 0 Å². The quantitative estimate of drug-likeness (QED) is 0.248. The summed E-state index contributed by atoms with van der Waals surface area (Å²) in [6, 6.07) is 0. The van der Waals surface area contributed by atoms with Crippen molar-refractivity contribution in [1.29, 1.82) is 0 Å². The zero-order valence-corrected chi connectivity index (χ0v) is 17.8. The van der Waals surface area contributed by atoms with E-state index >= 15 is 0 Å². The van der Waals surface area contributed by atoms with Gasteiger partial charge in [-0.2, -0.15) is 0 Å². The van der Waals surface area contributed by atoms with E-state index in [4.69, 9.17) is 20.9 Å². The molecule has 0 saturated heterocycles. The summed E-state index contributed by atoms with van der Waals surface area (Å²) < 4.78 is 11.3. The summed E-state index contributed by atoms with van der Waals surface area (Å²) in [5.74, 6) is 0. The van der Waals surface area contributed by atoms with Crippen LogP contribution in [0.5, 0.6) is 0 Å². The van der Waals surface area contributed by atoms with E-state index in [0.29, 0.717) is 13.2 Å². The summed E-state index contributed by atoms with van der Waals surface area (Å²) in [5.41, 5.74) is 0.106. The average molecular weight is 489 g/mol. The third kappa shape index (κ3) is 11.8.